The maximum absolute atomic E-state index is 5.54. The molecule has 0 bridgehead atoms. The third-order valence-electron chi connectivity index (χ3n) is 5.91. The fourth-order valence-corrected chi connectivity index (χ4v) is 3.93. The van der Waals surface area contributed by atoms with Crippen molar-refractivity contribution in [2.45, 2.75) is 104 Å². The van der Waals surface area contributed by atoms with Crippen LogP contribution in [-0.2, 0) is 0 Å². The fraction of sp³-hybridized carbons (Fsp3) is 0.826. The van der Waals surface area contributed by atoms with Crippen molar-refractivity contribution in [3.05, 3.63) is 23.3 Å². The lowest BCUT2D eigenvalue weighted by molar-refractivity contribution is 0.520. The van der Waals surface area contributed by atoms with Gasteiger partial charge in [0.2, 0.25) is 0 Å². The van der Waals surface area contributed by atoms with Crippen LogP contribution in [0.2, 0.25) is 0 Å². The van der Waals surface area contributed by atoms with Crippen molar-refractivity contribution in [3.63, 3.8) is 0 Å². The second-order valence-electron chi connectivity index (χ2n) is 7.84. The zero-order chi connectivity index (χ0) is 17.6. The Morgan fingerprint density at radius 3 is 1.88 bits per heavy atom. The second-order valence-corrected chi connectivity index (χ2v) is 7.84. The minimum absolute atomic E-state index is 0.872. The predicted molar refractivity (Wildman–Crippen MR) is 109 cm³/mol. The Bertz CT molecular complexity index is 366. The maximum atomic E-state index is 5.54. The van der Waals surface area contributed by atoms with Gasteiger partial charge in [-0.25, -0.2) is 0 Å². The van der Waals surface area contributed by atoms with Crippen LogP contribution in [0.4, 0.5) is 0 Å². The Kier molecular flexibility index (Phi) is 12.3. The van der Waals surface area contributed by atoms with Crippen LogP contribution in [0.25, 0.3) is 0 Å². The molecule has 1 nitrogen and oxygen atoms in total. The first-order valence-corrected chi connectivity index (χ1v) is 10.7. The molecule has 2 atom stereocenters. The standard InChI is InChI=1S/C23H43N/c1-4-20(3)21(5-2)15-11-7-6-8-12-16-22-19-23(22)17-13-9-10-14-18-24/h4-5,22-23H,6-19,24H2,1-3H3. The van der Waals surface area contributed by atoms with Crippen LogP contribution < -0.4 is 5.73 Å². The summed E-state index contributed by atoms with van der Waals surface area (Å²) in [5.74, 6) is 2.18. The van der Waals surface area contributed by atoms with Gasteiger partial charge in [0.15, 0.2) is 0 Å². The third-order valence-corrected chi connectivity index (χ3v) is 5.91. The highest BCUT2D eigenvalue weighted by Crippen LogP contribution is 2.45. The summed E-state index contributed by atoms with van der Waals surface area (Å²) in [6, 6.07) is 0. The molecule has 1 aliphatic rings. The van der Waals surface area contributed by atoms with Gasteiger partial charge < -0.3 is 5.73 Å². The largest absolute Gasteiger partial charge is 0.330 e. The van der Waals surface area contributed by atoms with Crippen LogP contribution in [0.1, 0.15) is 104 Å². The second kappa shape index (κ2) is 13.7. The molecule has 0 amide bonds. The Morgan fingerprint density at radius 2 is 1.33 bits per heavy atom. The number of hydrogen-bond acceptors (Lipinski definition) is 1. The SMILES string of the molecule is CC=C(C)C(=CC)CCCCCCCC1CC1CCCCCCN. The molecule has 0 aromatic rings. The molecular weight excluding hydrogens is 290 g/mol. The summed E-state index contributed by atoms with van der Waals surface area (Å²) in [7, 11) is 0. The fourth-order valence-electron chi connectivity index (χ4n) is 3.93. The van der Waals surface area contributed by atoms with E-state index in [1.807, 2.05) is 0 Å². The molecule has 1 rings (SSSR count). The first-order chi connectivity index (χ1) is 11.7. The third kappa shape index (κ3) is 9.67. The monoisotopic (exact) mass is 333 g/mol. The molecule has 0 spiro atoms. The Balaban J connectivity index is 1.88. The van der Waals surface area contributed by atoms with Crippen molar-refractivity contribution in [1.29, 1.82) is 0 Å². The molecule has 0 saturated heterocycles. The van der Waals surface area contributed by atoms with Crippen LogP contribution in [0, 0.1) is 11.8 Å². The maximum Gasteiger partial charge on any atom is -0.00773 e. The van der Waals surface area contributed by atoms with E-state index in [0.29, 0.717) is 0 Å². The molecule has 1 heteroatoms. The zero-order valence-electron chi connectivity index (χ0n) is 16.8. The molecule has 2 N–H and O–H groups in total. The van der Waals surface area contributed by atoms with E-state index >= 15 is 0 Å². The summed E-state index contributed by atoms with van der Waals surface area (Å²) in [5.41, 5.74) is 8.54. The summed E-state index contributed by atoms with van der Waals surface area (Å²) in [4.78, 5) is 0. The van der Waals surface area contributed by atoms with E-state index in [0.717, 1.165) is 18.4 Å². The minimum atomic E-state index is 0.872. The van der Waals surface area contributed by atoms with Crippen LogP contribution >= 0.6 is 0 Å². The summed E-state index contributed by atoms with van der Waals surface area (Å²) in [6.07, 6.45) is 22.9. The molecule has 0 aromatic heterocycles. The molecule has 0 radical (unpaired) electrons. The Hall–Kier alpha value is -0.560. The van der Waals surface area contributed by atoms with Crippen molar-refractivity contribution in [2.24, 2.45) is 17.6 Å². The van der Waals surface area contributed by atoms with Gasteiger partial charge in [0.05, 0.1) is 0 Å². The van der Waals surface area contributed by atoms with Gasteiger partial charge >= 0.3 is 0 Å². The van der Waals surface area contributed by atoms with E-state index in [9.17, 15) is 0 Å². The van der Waals surface area contributed by atoms with Crippen molar-refractivity contribution in [1.82, 2.24) is 0 Å². The highest BCUT2D eigenvalue weighted by molar-refractivity contribution is 5.27. The van der Waals surface area contributed by atoms with Gasteiger partial charge in [-0.1, -0.05) is 75.5 Å². The number of allylic oxidation sites excluding steroid dienone is 4. The number of rotatable bonds is 15. The van der Waals surface area contributed by atoms with Gasteiger partial charge in [0, 0.05) is 0 Å². The van der Waals surface area contributed by atoms with E-state index in [1.165, 1.54) is 89.0 Å². The van der Waals surface area contributed by atoms with Crippen LogP contribution in [0.3, 0.4) is 0 Å². The lowest BCUT2D eigenvalue weighted by Crippen LogP contribution is -1.97. The molecule has 0 heterocycles. The molecular formula is C23H43N. The quantitative estimate of drug-likeness (QED) is 0.249. The molecule has 1 fully saturated rings. The molecule has 0 aliphatic heterocycles. The topological polar surface area (TPSA) is 26.0 Å². The molecule has 1 aliphatic carbocycles. The number of nitrogens with two attached hydrogens (primary N) is 1. The smallest absolute Gasteiger partial charge is 0.00773 e. The highest BCUT2D eigenvalue weighted by Gasteiger charge is 2.34. The Morgan fingerprint density at radius 1 is 0.792 bits per heavy atom. The van der Waals surface area contributed by atoms with Crippen molar-refractivity contribution in [3.8, 4) is 0 Å². The normalized spacial score (nSPS) is 21.3. The van der Waals surface area contributed by atoms with Gasteiger partial charge in [0.1, 0.15) is 0 Å². The molecule has 0 aromatic carbocycles. The summed E-state index contributed by atoms with van der Waals surface area (Å²) in [6.45, 7) is 7.42. The van der Waals surface area contributed by atoms with E-state index < -0.39 is 0 Å². The molecule has 2 unspecified atom stereocenters. The zero-order valence-corrected chi connectivity index (χ0v) is 16.8. The Labute approximate surface area is 152 Å². The lowest BCUT2D eigenvalue weighted by atomic mass is 9.99. The lowest BCUT2D eigenvalue weighted by Gasteiger charge is -2.07. The van der Waals surface area contributed by atoms with E-state index in [4.69, 9.17) is 5.73 Å². The van der Waals surface area contributed by atoms with Crippen molar-refractivity contribution >= 4 is 0 Å². The molecule has 140 valence electrons. The average Bonchev–Trinajstić information content (AvgIpc) is 3.35. The average molecular weight is 334 g/mol. The summed E-state index contributed by atoms with van der Waals surface area (Å²) >= 11 is 0. The summed E-state index contributed by atoms with van der Waals surface area (Å²) < 4.78 is 0. The van der Waals surface area contributed by atoms with E-state index in [1.54, 1.807) is 5.57 Å². The van der Waals surface area contributed by atoms with Gasteiger partial charge in [-0.05, 0) is 70.4 Å². The highest BCUT2D eigenvalue weighted by atomic mass is 14.5. The van der Waals surface area contributed by atoms with Crippen LogP contribution in [0.5, 0.6) is 0 Å². The number of hydrogen-bond donors (Lipinski definition) is 1. The molecule has 24 heavy (non-hydrogen) atoms. The predicted octanol–water partition coefficient (Wildman–Crippen LogP) is 7.17. The first-order valence-electron chi connectivity index (χ1n) is 10.7. The van der Waals surface area contributed by atoms with Gasteiger partial charge in [-0.2, -0.15) is 0 Å². The van der Waals surface area contributed by atoms with Crippen LogP contribution in [0.15, 0.2) is 23.3 Å². The number of unbranched alkanes of at least 4 members (excludes halogenated alkanes) is 7. The van der Waals surface area contributed by atoms with Gasteiger partial charge in [0.25, 0.3) is 0 Å². The molecule has 1 saturated carbocycles. The van der Waals surface area contributed by atoms with Gasteiger partial charge in [-0.3, -0.25) is 0 Å². The van der Waals surface area contributed by atoms with E-state index in [-0.39, 0.29) is 0 Å². The summed E-state index contributed by atoms with van der Waals surface area (Å²) in [5, 5.41) is 0. The first kappa shape index (κ1) is 21.5. The minimum Gasteiger partial charge on any atom is -0.330 e. The van der Waals surface area contributed by atoms with Crippen LogP contribution in [-0.4, -0.2) is 6.54 Å². The van der Waals surface area contributed by atoms with E-state index in [2.05, 4.69) is 32.9 Å². The van der Waals surface area contributed by atoms with Crippen molar-refractivity contribution in [2.75, 3.05) is 6.54 Å². The van der Waals surface area contributed by atoms with Gasteiger partial charge in [-0.15, -0.1) is 0 Å². The van der Waals surface area contributed by atoms with Crippen molar-refractivity contribution < 1.29 is 0 Å².